The van der Waals surface area contributed by atoms with Crippen molar-refractivity contribution in [2.75, 3.05) is 19.7 Å². The SMILES string of the molecule is CCc1c2c(nc3cc(F)c(OCCNC(=O)CNC(=O)[C@H](C)NC(=O)[C@@H](NC(=O)[C@H](CCC(=O)OCc4ccccc4)NC(=O)OC(C)(C)C)C(C)C)cc13)-c1cc3c(c(=O)n1C2)COC(=O)[C@]3(O)CC. The number of alkyl carbamates (subject to hydrolysis) is 1. The summed E-state index contributed by atoms with van der Waals surface area (Å²) >= 11 is 0. The number of hydrogen-bond donors (Lipinski definition) is 6. The Morgan fingerprint density at radius 1 is 0.931 bits per heavy atom. The van der Waals surface area contributed by atoms with Gasteiger partial charge in [-0.2, -0.15) is 0 Å². The third-order valence-electron chi connectivity index (χ3n) is 12.2. The number of esters is 2. The molecule has 0 unspecified atom stereocenters. The van der Waals surface area contributed by atoms with E-state index in [1.54, 1.807) is 71.9 Å². The molecule has 0 bridgehead atoms. The normalized spacial score (nSPS) is 16.0. The fraction of sp³-hybridized carbons (Fsp3) is 0.471. The molecule has 0 spiro atoms. The average molecular weight is 1000 g/mol. The maximum absolute atomic E-state index is 15.5. The van der Waals surface area contributed by atoms with Gasteiger partial charge in [0.05, 0.1) is 42.1 Å². The van der Waals surface area contributed by atoms with Crippen molar-refractivity contribution in [1.29, 1.82) is 0 Å². The lowest BCUT2D eigenvalue weighted by Crippen LogP contribution is -2.58. The van der Waals surface area contributed by atoms with Crippen LogP contribution in [-0.2, 0) is 74.8 Å². The molecule has 21 heteroatoms. The summed E-state index contributed by atoms with van der Waals surface area (Å²) in [6, 6.07) is 9.64. The van der Waals surface area contributed by atoms with E-state index in [-0.39, 0.29) is 69.0 Å². The van der Waals surface area contributed by atoms with E-state index in [0.29, 0.717) is 28.7 Å². The first-order valence-electron chi connectivity index (χ1n) is 23.8. The standard InChI is InChI=1S/C51H62FN7O13/c1-9-30-31-20-39(35(52)22-37(31)56-43-32(30)24-59-38(43)21-34-33(47(59)65)26-71-48(66)51(34,68)10-2)69-19-18-53-40(60)23-54-44(62)28(5)55-46(64)42(27(3)4)58-45(63)36(57-49(67)72-50(6,7)8)16-17-41(61)70-25-29-14-12-11-13-15-29/h11-15,20-22,27-28,36,42,68H,9-10,16-19,23-26H2,1-8H3,(H,53,60)(H,54,62)(H,55,64)(H,57,67)(H,58,63)/t28-,36-,42-,51-/m0/s1. The third kappa shape index (κ3) is 12.5. The Labute approximate surface area is 415 Å². The van der Waals surface area contributed by atoms with Gasteiger partial charge in [0.15, 0.2) is 17.2 Å². The van der Waals surface area contributed by atoms with Crippen LogP contribution in [0.15, 0.2) is 53.3 Å². The highest BCUT2D eigenvalue weighted by atomic mass is 19.1. The van der Waals surface area contributed by atoms with Crippen molar-refractivity contribution in [3.8, 4) is 17.1 Å². The van der Waals surface area contributed by atoms with Crippen LogP contribution in [-0.4, -0.2) is 99.7 Å². The fourth-order valence-corrected chi connectivity index (χ4v) is 8.36. The quantitative estimate of drug-likeness (QED) is 0.0371. The van der Waals surface area contributed by atoms with E-state index in [0.717, 1.165) is 16.7 Å². The number of aromatic nitrogens is 2. The van der Waals surface area contributed by atoms with Gasteiger partial charge in [-0.25, -0.2) is 19.0 Å². The number of aliphatic hydroxyl groups is 1. The average Bonchev–Trinajstić information content (AvgIpc) is 3.70. The molecule has 72 heavy (non-hydrogen) atoms. The van der Waals surface area contributed by atoms with Gasteiger partial charge in [-0.15, -0.1) is 0 Å². The van der Waals surface area contributed by atoms with Crippen LogP contribution in [0.4, 0.5) is 9.18 Å². The Kier molecular flexibility index (Phi) is 17.1. The zero-order valence-corrected chi connectivity index (χ0v) is 41.6. The minimum atomic E-state index is -1.99. The number of nitrogens with zero attached hydrogens (tertiary/aromatic N) is 2. The highest BCUT2D eigenvalue weighted by molar-refractivity contribution is 5.95. The van der Waals surface area contributed by atoms with Crippen LogP contribution in [0, 0.1) is 11.7 Å². The number of aryl methyl sites for hydroxylation is 1. The van der Waals surface area contributed by atoms with Crippen LogP contribution in [0.1, 0.15) is 102 Å². The highest BCUT2D eigenvalue weighted by Crippen LogP contribution is 2.41. The Bertz CT molecular complexity index is 2810. The number of carbonyl (C=O) groups excluding carboxylic acids is 7. The van der Waals surface area contributed by atoms with Crippen LogP contribution >= 0.6 is 0 Å². The molecule has 0 saturated heterocycles. The first-order chi connectivity index (χ1) is 34.0. The number of cyclic esters (lactones) is 1. The molecule has 20 nitrogen and oxygen atoms in total. The lowest BCUT2D eigenvalue weighted by molar-refractivity contribution is -0.172. The molecule has 5 amide bonds. The first kappa shape index (κ1) is 53.9. The maximum Gasteiger partial charge on any atom is 0.408 e. The number of ether oxygens (including phenoxy) is 4. The van der Waals surface area contributed by atoms with Gasteiger partial charge in [0, 0.05) is 29.0 Å². The second-order valence-corrected chi connectivity index (χ2v) is 18.9. The number of carbonyl (C=O) groups is 7. The Hall–Kier alpha value is -7.42. The molecule has 2 aliphatic heterocycles. The van der Waals surface area contributed by atoms with Crippen LogP contribution in [0.3, 0.4) is 0 Å². The summed E-state index contributed by atoms with van der Waals surface area (Å²) in [5, 5.41) is 24.4. The van der Waals surface area contributed by atoms with Gasteiger partial charge in [0.2, 0.25) is 23.6 Å². The molecule has 2 aromatic carbocycles. The van der Waals surface area contributed by atoms with Gasteiger partial charge in [0.1, 0.15) is 43.5 Å². The molecule has 386 valence electrons. The van der Waals surface area contributed by atoms with E-state index >= 15 is 4.39 Å². The number of nitrogens with one attached hydrogen (secondary N) is 5. The summed E-state index contributed by atoms with van der Waals surface area (Å²) in [6.45, 7) is 12.3. The van der Waals surface area contributed by atoms with E-state index in [1.807, 2.05) is 13.0 Å². The largest absolute Gasteiger partial charge is 0.489 e. The zero-order chi connectivity index (χ0) is 52.7. The topological polar surface area (TPSA) is 272 Å². The second kappa shape index (κ2) is 22.8. The molecular formula is C51H62FN7O13. The summed E-state index contributed by atoms with van der Waals surface area (Å²) < 4.78 is 38.6. The molecule has 0 saturated carbocycles. The Balaban J connectivity index is 0.998. The Morgan fingerprint density at radius 3 is 2.32 bits per heavy atom. The Morgan fingerprint density at radius 2 is 1.65 bits per heavy atom. The fourth-order valence-electron chi connectivity index (χ4n) is 8.36. The predicted molar refractivity (Wildman–Crippen MR) is 258 cm³/mol. The number of rotatable bonds is 20. The van der Waals surface area contributed by atoms with Crippen molar-refractivity contribution in [2.45, 2.75) is 130 Å². The molecular weight excluding hydrogens is 938 g/mol. The summed E-state index contributed by atoms with van der Waals surface area (Å²) in [7, 11) is 0. The van der Waals surface area contributed by atoms with Gasteiger partial charge in [-0.1, -0.05) is 58.0 Å². The van der Waals surface area contributed by atoms with Crippen molar-refractivity contribution in [1.82, 2.24) is 36.1 Å². The second-order valence-electron chi connectivity index (χ2n) is 18.9. The zero-order valence-electron chi connectivity index (χ0n) is 41.6. The predicted octanol–water partition coefficient (Wildman–Crippen LogP) is 3.45. The van der Waals surface area contributed by atoms with E-state index < -0.39 is 94.8 Å². The molecule has 6 rings (SSSR count). The van der Waals surface area contributed by atoms with Crippen LogP contribution < -0.4 is 36.9 Å². The summed E-state index contributed by atoms with van der Waals surface area (Å²) in [5.41, 5.74) is 0.466. The summed E-state index contributed by atoms with van der Waals surface area (Å²) in [5.74, 6) is -5.64. The van der Waals surface area contributed by atoms with Crippen LogP contribution in [0.2, 0.25) is 0 Å². The molecule has 6 N–H and O–H groups in total. The number of benzene rings is 2. The van der Waals surface area contributed by atoms with Gasteiger partial charge < -0.3 is 55.2 Å². The molecule has 4 atom stereocenters. The van der Waals surface area contributed by atoms with Crippen molar-refractivity contribution in [3.63, 3.8) is 0 Å². The van der Waals surface area contributed by atoms with Gasteiger partial charge in [-0.05, 0) is 76.1 Å². The van der Waals surface area contributed by atoms with E-state index in [4.69, 9.17) is 23.9 Å². The molecule has 0 aliphatic carbocycles. The van der Waals surface area contributed by atoms with E-state index in [1.165, 1.54) is 23.6 Å². The molecule has 2 aliphatic rings. The van der Waals surface area contributed by atoms with Crippen LogP contribution in [0.25, 0.3) is 22.3 Å². The van der Waals surface area contributed by atoms with Gasteiger partial charge in [0.25, 0.3) is 5.56 Å². The molecule has 4 aromatic rings. The lowest BCUT2D eigenvalue weighted by atomic mass is 9.86. The van der Waals surface area contributed by atoms with Crippen molar-refractivity contribution in [3.05, 3.63) is 92.5 Å². The number of hydrogen-bond acceptors (Lipinski definition) is 14. The van der Waals surface area contributed by atoms with Crippen molar-refractivity contribution in [2.24, 2.45) is 5.92 Å². The lowest BCUT2D eigenvalue weighted by Gasteiger charge is -2.31. The highest BCUT2D eigenvalue weighted by Gasteiger charge is 2.45. The smallest absolute Gasteiger partial charge is 0.408 e. The summed E-state index contributed by atoms with van der Waals surface area (Å²) in [4.78, 5) is 109. The molecule has 2 aromatic heterocycles. The van der Waals surface area contributed by atoms with Crippen molar-refractivity contribution >= 4 is 52.6 Å². The van der Waals surface area contributed by atoms with Gasteiger partial charge in [-0.3, -0.25) is 28.8 Å². The number of amides is 5. The number of halogens is 1. The monoisotopic (exact) mass is 999 g/mol. The van der Waals surface area contributed by atoms with Crippen molar-refractivity contribution < 1.29 is 62.0 Å². The van der Waals surface area contributed by atoms with E-state index in [9.17, 15) is 43.5 Å². The number of fused-ring (bicyclic) bond motifs is 5. The minimum absolute atomic E-state index is 0.0114. The van der Waals surface area contributed by atoms with Gasteiger partial charge >= 0.3 is 18.0 Å². The summed E-state index contributed by atoms with van der Waals surface area (Å²) in [6.07, 6.45) is -0.876. The third-order valence-corrected chi connectivity index (χ3v) is 12.2. The minimum Gasteiger partial charge on any atom is -0.489 e. The van der Waals surface area contributed by atoms with Crippen LogP contribution in [0.5, 0.6) is 5.75 Å². The number of pyridine rings is 2. The molecule has 4 heterocycles. The molecule has 0 fully saturated rings. The maximum atomic E-state index is 15.5. The first-order valence-corrected chi connectivity index (χ1v) is 23.8. The van der Waals surface area contributed by atoms with E-state index in [2.05, 4.69) is 26.6 Å². The molecule has 0 radical (unpaired) electrons.